The zero-order chi connectivity index (χ0) is 12.4. The van der Waals surface area contributed by atoms with E-state index in [9.17, 15) is 5.11 Å². The minimum absolute atomic E-state index is 0.261. The van der Waals surface area contributed by atoms with Crippen molar-refractivity contribution in [2.45, 2.75) is 0 Å². The van der Waals surface area contributed by atoms with Crippen molar-refractivity contribution in [3.63, 3.8) is 0 Å². The van der Waals surface area contributed by atoms with E-state index in [2.05, 4.69) is 0 Å². The highest BCUT2D eigenvalue weighted by atomic mass is 16.3. The summed E-state index contributed by atoms with van der Waals surface area (Å²) in [4.78, 5) is 2.01. The number of benzene rings is 2. The number of anilines is 2. The first-order valence-electron chi connectivity index (χ1n) is 5.44. The summed E-state index contributed by atoms with van der Waals surface area (Å²) in [5, 5.41) is 9.25. The molecule has 2 aromatic carbocycles. The summed E-state index contributed by atoms with van der Waals surface area (Å²) in [5.74, 6) is 0.261. The second kappa shape index (κ2) is 4.37. The van der Waals surface area contributed by atoms with Crippen LogP contribution in [0.1, 0.15) is 0 Å². The average molecular weight is 228 g/mol. The predicted molar refractivity (Wildman–Crippen MR) is 72.3 cm³/mol. The summed E-state index contributed by atoms with van der Waals surface area (Å²) < 4.78 is 0. The molecule has 0 aliphatic rings. The molecule has 88 valence electrons. The van der Waals surface area contributed by atoms with E-state index in [1.807, 2.05) is 49.3 Å². The molecule has 0 spiro atoms. The largest absolute Gasteiger partial charge is 0.508 e. The molecule has 2 aromatic rings. The summed E-state index contributed by atoms with van der Waals surface area (Å²) in [6, 6.07) is 13.0. The number of nitrogen functional groups attached to an aromatic ring is 1. The van der Waals surface area contributed by atoms with E-state index in [-0.39, 0.29) is 5.75 Å². The number of rotatable bonds is 2. The van der Waals surface area contributed by atoms with Gasteiger partial charge in [0.15, 0.2) is 0 Å². The Kier molecular flexibility index (Phi) is 2.91. The van der Waals surface area contributed by atoms with Crippen LogP contribution in [-0.4, -0.2) is 19.2 Å². The van der Waals surface area contributed by atoms with Gasteiger partial charge in [-0.05, 0) is 29.8 Å². The van der Waals surface area contributed by atoms with E-state index in [0.717, 1.165) is 22.5 Å². The smallest absolute Gasteiger partial charge is 0.115 e. The second-order valence-electron chi connectivity index (χ2n) is 4.21. The lowest BCUT2D eigenvalue weighted by molar-refractivity contribution is 0.475. The number of nitrogens with two attached hydrogens (primary N) is 1. The van der Waals surface area contributed by atoms with Crippen LogP contribution in [0.3, 0.4) is 0 Å². The van der Waals surface area contributed by atoms with E-state index < -0.39 is 0 Å². The Morgan fingerprint density at radius 2 is 1.65 bits per heavy atom. The van der Waals surface area contributed by atoms with Crippen molar-refractivity contribution in [2.24, 2.45) is 0 Å². The number of aromatic hydroxyl groups is 1. The van der Waals surface area contributed by atoms with Gasteiger partial charge in [-0.15, -0.1) is 0 Å². The summed E-state index contributed by atoms with van der Waals surface area (Å²) in [6.07, 6.45) is 0. The average Bonchev–Trinajstić information content (AvgIpc) is 2.30. The third-order valence-electron chi connectivity index (χ3n) is 2.73. The first-order valence-corrected chi connectivity index (χ1v) is 5.44. The molecule has 0 fully saturated rings. The van der Waals surface area contributed by atoms with Crippen molar-refractivity contribution in [1.29, 1.82) is 0 Å². The number of phenols is 1. The van der Waals surface area contributed by atoms with Gasteiger partial charge in [-0.1, -0.05) is 18.2 Å². The minimum atomic E-state index is 0.261. The standard InChI is InChI=1S/C14H16N2O/c1-16(2)11-5-8-13(14(15)9-11)10-3-6-12(17)7-4-10/h3-9,17H,15H2,1-2H3. The van der Waals surface area contributed by atoms with E-state index in [1.165, 1.54) is 0 Å². The lowest BCUT2D eigenvalue weighted by Gasteiger charge is -2.15. The van der Waals surface area contributed by atoms with Crippen LogP contribution in [0.25, 0.3) is 11.1 Å². The molecular formula is C14H16N2O. The highest BCUT2D eigenvalue weighted by Gasteiger charge is 2.04. The Hall–Kier alpha value is -2.16. The van der Waals surface area contributed by atoms with Crippen LogP contribution in [0.5, 0.6) is 5.75 Å². The Morgan fingerprint density at radius 3 is 2.18 bits per heavy atom. The van der Waals surface area contributed by atoms with Crippen molar-refractivity contribution in [2.75, 3.05) is 24.7 Å². The van der Waals surface area contributed by atoms with E-state index in [1.54, 1.807) is 12.1 Å². The monoisotopic (exact) mass is 228 g/mol. The van der Waals surface area contributed by atoms with Crippen LogP contribution in [0, 0.1) is 0 Å². The number of hydrogen-bond acceptors (Lipinski definition) is 3. The van der Waals surface area contributed by atoms with Gasteiger partial charge in [0.05, 0.1) is 0 Å². The van der Waals surface area contributed by atoms with Gasteiger partial charge >= 0.3 is 0 Å². The first-order chi connectivity index (χ1) is 8.08. The Morgan fingerprint density at radius 1 is 1.00 bits per heavy atom. The molecule has 2 rings (SSSR count). The van der Waals surface area contributed by atoms with E-state index in [0.29, 0.717) is 0 Å². The van der Waals surface area contributed by atoms with Gasteiger partial charge in [-0.2, -0.15) is 0 Å². The van der Waals surface area contributed by atoms with Gasteiger partial charge in [0, 0.05) is 31.0 Å². The Balaban J connectivity index is 2.43. The lowest BCUT2D eigenvalue weighted by Crippen LogP contribution is -2.08. The van der Waals surface area contributed by atoms with Crippen LogP contribution in [-0.2, 0) is 0 Å². The Labute approximate surface area is 101 Å². The fraction of sp³-hybridized carbons (Fsp3) is 0.143. The highest BCUT2D eigenvalue weighted by molar-refractivity contribution is 5.79. The van der Waals surface area contributed by atoms with E-state index in [4.69, 9.17) is 5.73 Å². The topological polar surface area (TPSA) is 49.5 Å². The van der Waals surface area contributed by atoms with Crippen molar-refractivity contribution in [1.82, 2.24) is 0 Å². The fourth-order valence-electron chi connectivity index (χ4n) is 1.73. The molecule has 0 unspecified atom stereocenters. The number of hydrogen-bond donors (Lipinski definition) is 2. The minimum Gasteiger partial charge on any atom is -0.508 e. The summed E-state index contributed by atoms with van der Waals surface area (Å²) in [5.41, 5.74) is 9.84. The summed E-state index contributed by atoms with van der Waals surface area (Å²) >= 11 is 0. The van der Waals surface area contributed by atoms with Gasteiger partial charge in [-0.25, -0.2) is 0 Å². The second-order valence-corrected chi connectivity index (χ2v) is 4.21. The molecule has 0 radical (unpaired) electrons. The first kappa shape index (κ1) is 11.3. The van der Waals surface area contributed by atoms with Crippen molar-refractivity contribution < 1.29 is 5.11 Å². The maximum absolute atomic E-state index is 9.25. The summed E-state index contributed by atoms with van der Waals surface area (Å²) in [6.45, 7) is 0. The lowest BCUT2D eigenvalue weighted by atomic mass is 10.0. The molecule has 0 amide bonds. The van der Waals surface area contributed by atoms with Gasteiger partial charge in [-0.3, -0.25) is 0 Å². The molecule has 3 nitrogen and oxygen atoms in total. The predicted octanol–water partition coefficient (Wildman–Crippen LogP) is 2.71. The molecule has 0 aliphatic heterocycles. The van der Waals surface area contributed by atoms with Gasteiger partial charge in [0.2, 0.25) is 0 Å². The van der Waals surface area contributed by atoms with Gasteiger partial charge in [0.25, 0.3) is 0 Å². The molecule has 0 heterocycles. The summed E-state index contributed by atoms with van der Waals surface area (Å²) in [7, 11) is 3.96. The quantitative estimate of drug-likeness (QED) is 0.777. The van der Waals surface area contributed by atoms with Crippen molar-refractivity contribution in [3.8, 4) is 16.9 Å². The SMILES string of the molecule is CN(C)c1ccc(-c2ccc(O)cc2)c(N)c1. The molecule has 17 heavy (non-hydrogen) atoms. The van der Waals surface area contributed by atoms with Crippen LogP contribution in [0.2, 0.25) is 0 Å². The number of nitrogens with zero attached hydrogens (tertiary/aromatic N) is 1. The van der Waals surface area contributed by atoms with Crippen LogP contribution in [0.4, 0.5) is 11.4 Å². The third-order valence-corrected chi connectivity index (χ3v) is 2.73. The molecule has 3 N–H and O–H groups in total. The van der Waals surface area contributed by atoms with Crippen molar-refractivity contribution in [3.05, 3.63) is 42.5 Å². The zero-order valence-corrected chi connectivity index (χ0v) is 10.0. The zero-order valence-electron chi connectivity index (χ0n) is 10.0. The molecule has 0 bridgehead atoms. The maximum Gasteiger partial charge on any atom is 0.115 e. The molecule has 0 aliphatic carbocycles. The van der Waals surface area contributed by atoms with Gasteiger partial charge in [0.1, 0.15) is 5.75 Å². The van der Waals surface area contributed by atoms with Crippen molar-refractivity contribution >= 4 is 11.4 Å². The van der Waals surface area contributed by atoms with Gasteiger partial charge < -0.3 is 15.7 Å². The molecular weight excluding hydrogens is 212 g/mol. The van der Waals surface area contributed by atoms with Crippen LogP contribution < -0.4 is 10.6 Å². The van der Waals surface area contributed by atoms with E-state index >= 15 is 0 Å². The third kappa shape index (κ3) is 2.33. The fourth-order valence-corrected chi connectivity index (χ4v) is 1.73. The number of phenolic OH excluding ortho intramolecular Hbond substituents is 1. The molecule has 3 heteroatoms. The van der Waals surface area contributed by atoms with Crippen LogP contribution in [0.15, 0.2) is 42.5 Å². The normalized spacial score (nSPS) is 10.2. The maximum atomic E-state index is 9.25. The highest BCUT2D eigenvalue weighted by Crippen LogP contribution is 2.30. The Bertz CT molecular complexity index is 518. The van der Waals surface area contributed by atoms with Crippen LogP contribution >= 0.6 is 0 Å². The molecule has 0 saturated carbocycles. The molecule has 0 aromatic heterocycles. The molecule has 0 saturated heterocycles. The molecule has 0 atom stereocenters.